The second-order valence-corrected chi connectivity index (χ2v) is 6.15. The maximum Gasteiger partial charge on any atom is 0.254 e. The Bertz CT molecular complexity index is 727. The summed E-state index contributed by atoms with van der Waals surface area (Å²) in [5, 5.41) is 2.74. The van der Waals surface area contributed by atoms with Gasteiger partial charge in [0.1, 0.15) is 5.82 Å². The molecule has 1 saturated heterocycles. The van der Waals surface area contributed by atoms with E-state index in [0.29, 0.717) is 18.7 Å². The van der Waals surface area contributed by atoms with Crippen molar-refractivity contribution in [2.24, 2.45) is 0 Å². The predicted octanol–water partition coefficient (Wildman–Crippen LogP) is 1.65. The van der Waals surface area contributed by atoms with E-state index in [0.717, 1.165) is 17.8 Å². The number of amides is 2. The van der Waals surface area contributed by atoms with Crippen LogP contribution < -0.4 is 5.32 Å². The summed E-state index contributed by atoms with van der Waals surface area (Å²) in [7, 11) is 1.66. The van der Waals surface area contributed by atoms with Crippen LogP contribution in [0.3, 0.4) is 0 Å². The molecule has 1 aromatic carbocycles. The Morgan fingerprint density at radius 1 is 1.36 bits per heavy atom. The molecule has 2 atom stereocenters. The van der Waals surface area contributed by atoms with Crippen molar-refractivity contribution >= 4 is 11.8 Å². The first-order valence-electron chi connectivity index (χ1n) is 8.25. The molecule has 1 aliphatic heterocycles. The third-order valence-corrected chi connectivity index (χ3v) is 4.43. The molecule has 0 aliphatic carbocycles. The number of carbonyl (C=O) groups excluding carboxylic acids is 2. The first kappa shape index (κ1) is 17.2. The average molecular weight is 342 g/mol. The van der Waals surface area contributed by atoms with E-state index < -0.39 is 0 Å². The monoisotopic (exact) mass is 342 g/mol. The van der Waals surface area contributed by atoms with Gasteiger partial charge in [-0.15, -0.1) is 0 Å². The number of likely N-dealkylation sites (tertiary alicyclic amines) is 1. The Balaban J connectivity index is 1.75. The summed E-state index contributed by atoms with van der Waals surface area (Å²) in [6.45, 7) is 2.47. The van der Waals surface area contributed by atoms with Crippen LogP contribution in [-0.2, 0) is 16.1 Å². The van der Waals surface area contributed by atoms with Gasteiger partial charge in [0, 0.05) is 51.5 Å². The standard InChI is InChI=1S/C18H22N4O3/c1-12(23)21-10-13-3-5-14(6-4-13)18(24)22-11-15(25-2)9-16(22)17-19-7-8-20-17/h3-8,15-16H,9-11H2,1-2H3,(H,19,20)(H,21,23)/t15-,16?/m1/s1. The van der Waals surface area contributed by atoms with Crippen LogP contribution in [0.1, 0.15) is 41.1 Å². The third kappa shape index (κ3) is 3.88. The largest absolute Gasteiger partial charge is 0.380 e. The van der Waals surface area contributed by atoms with E-state index in [1.807, 2.05) is 12.1 Å². The Kier molecular flexibility index (Phi) is 5.14. The highest BCUT2D eigenvalue weighted by atomic mass is 16.5. The van der Waals surface area contributed by atoms with Gasteiger partial charge in [-0.1, -0.05) is 12.1 Å². The van der Waals surface area contributed by atoms with Crippen LogP contribution in [0.25, 0.3) is 0 Å². The van der Waals surface area contributed by atoms with Gasteiger partial charge in [0.05, 0.1) is 12.1 Å². The molecule has 3 rings (SSSR count). The van der Waals surface area contributed by atoms with Gasteiger partial charge in [0.2, 0.25) is 5.91 Å². The molecule has 1 aromatic heterocycles. The summed E-state index contributed by atoms with van der Waals surface area (Å²) >= 11 is 0. The number of methoxy groups -OCH3 is 1. The fourth-order valence-corrected chi connectivity index (χ4v) is 3.07. The van der Waals surface area contributed by atoms with E-state index in [4.69, 9.17) is 4.74 Å². The van der Waals surface area contributed by atoms with E-state index in [1.165, 1.54) is 6.92 Å². The van der Waals surface area contributed by atoms with Gasteiger partial charge in [-0.25, -0.2) is 4.98 Å². The summed E-state index contributed by atoms with van der Waals surface area (Å²) in [4.78, 5) is 33.1. The molecule has 1 aliphatic rings. The highest BCUT2D eigenvalue weighted by molar-refractivity contribution is 5.94. The zero-order valence-corrected chi connectivity index (χ0v) is 14.4. The zero-order valence-electron chi connectivity index (χ0n) is 14.4. The van der Waals surface area contributed by atoms with E-state index in [1.54, 1.807) is 36.5 Å². The molecule has 0 spiro atoms. The maximum atomic E-state index is 13.0. The summed E-state index contributed by atoms with van der Waals surface area (Å²) in [6, 6.07) is 7.17. The van der Waals surface area contributed by atoms with Crippen molar-refractivity contribution in [2.75, 3.05) is 13.7 Å². The second kappa shape index (κ2) is 7.48. The highest BCUT2D eigenvalue weighted by Crippen LogP contribution is 2.32. The number of carbonyl (C=O) groups is 2. The lowest BCUT2D eigenvalue weighted by molar-refractivity contribution is -0.119. The molecular formula is C18H22N4O3. The van der Waals surface area contributed by atoms with Gasteiger partial charge < -0.3 is 19.9 Å². The van der Waals surface area contributed by atoms with Crippen molar-refractivity contribution in [1.82, 2.24) is 20.2 Å². The first-order valence-corrected chi connectivity index (χ1v) is 8.25. The SMILES string of the molecule is CO[C@@H]1CC(c2ncc[nH]2)N(C(=O)c2ccc(CNC(C)=O)cc2)C1. The Hall–Kier alpha value is -2.67. The van der Waals surface area contributed by atoms with Crippen molar-refractivity contribution in [3.63, 3.8) is 0 Å². The van der Waals surface area contributed by atoms with Crippen molar-refractivity contribution in [2.45, 2.75) is 32.0 Å². The molecule has 2 amide bonds. The van der Waals surface area contributed by atoms with Gasteiger partial charge >= 0.3 is 0 Å². The van der Waals surface area contributed by atoms with Crippen LogP contribution in [0.15, 0.2) is 36.7 Å². The van der Waals surface area contributed by atoms with Crippen LogP contribution in [0.2, 0.25) is 0 Å². The smallest absolute Gasteiger partial charge is 0.254 e. The maximum absolute atomic E-state index is 13.0. The topological polar surface area (TPSA) is 87.3 Å². The number of rotatable bonds is 5. The molecule has 0 saturated carbocycles. The van der Waals surface area contributed by atoms with E-state index in [-0.39, 0.29) is 24.0 Å². The highest BCUT2D eigenvalue weighted by Gasteiger charge is 2.38. The van der Waals surface area contributed by atoms with Crippen molar-refractivity contribution in [1.29, 1.82) is 0 Å². The number of ether oxygens (including phenoxy) is 1. The third-order valence-electron chi connectivity index (χ3n) is 4.43. The summed E-state index contributed by atoms with van der Waals surface area (Å²) in [6.07, 6.45) is 4.17. The molecule has 25 heavy (non-hydrogen) atoms. The number of hydrogen-bond acceptors (Lipinski definition) is 4. The quantitative estimate of drug-likeness (QED) is 0.865. The molecule has 0 radical (unpaired) electrons. The number of H-pyrrole nitrogens is 1. The van der Waals surface area contributed by atoms with Crippen molar-refractivity contribution in [3.05, 3.63) is 53.6 Å². The fraction of sp³-hybridized carbons (Fsp3) is 0.389. The summed E-state index contributed by atoms with van der Waals surface area (Å²) < 4.78 is 5.45. The van der Waals surface area contributed by atoms with Crippen LogP contribution in [0, 0.1) is 0 Å². The number of nitrogens with one attached hydrogen (secondary N) is 2. The fourth-order valence-electron chi connectivity index (χ4n) is 3.07. The van der Waals surface area contributed by atoms with Crippen molar-refractivity contribution in [3.8, 4) is 0 Å². The minimum Gasteiger partial charge on any atom is -0.380 e. The number of aromatic amines is 1. The molecule has 7 nitrogen and oxygen atoms in total. The lowest BCUT2D eigenvalue weighted by Gasteiger charge is -2.23. The Labute approximate surface area is 146 Å². The first-order chi connectivity index (χ1) is 12.1. The van der Waals surface area contributed by atoms with Gasteiger partial charge in [-0.2, -0.15) is 0 Å². The molecule has 2 aromatic rings. The van der Waals surface area contributed by atoms with E-state index >= 15 is 0 Å². The Morgan fingerprint density at radius 3 is 2.72 bits per heavy atom. The lowest BCUT2D eigenvalue weighted by atomic mass is 10.1. The number of nitrogens with zero attached hydrogens (tertiary/aromatic N) is 2. The molecule has 2 heterocycles. The van der Waals surface area contributed by atoms with Crippen LogP contribution >= 0.6 is 0 Å². The van der Waals surface area contributed by atoms with Crippen LogP contribution in [-0.4, -0.2) is 46.4 Å². The molecular weight excluding hydrogens is 320 g/mol. The molecule has 1 fully saturated rings. The van der Waals surface area contributed by atoms with Crippen molar-refractivity contribution < 1.29 is 14.3 Å². The summed E-state index contributed by atoms with van der Waals surface area (Å²) in [5.41, 5.74) is 1.56. The average Bonchev–Trinajstić information content (AvgIpc) is 3.28. The van der Waals surface area contributed by atoms with E-state index in [9.17, 15) is 9.59 Å². The number of aromatic nitrogens is 2. The normalized spacial score (nSPS) is 19.8. The minimum atomic E-state index is -0.119. The summed E-state index contributed by atoms with van der Waals surface area (Å²) in [5.74, 6) is 0.645. The van der Waals surface area contributed by atoms with Gasteiger partial charge in [0.25, 0.3) is 5.91 Å². The lowest BCUT2D eigenvalue weighted by Crippen LogP contribution is -2.32. The van der Waals surface area contributed by atoms with Gasteiger partial charge in [0.15, 0.2) is 0 Å². The minimum absolute atomic E-state index is 0.00177. The zero-order chi connectivity index (χ0) is 17.8. The molecule has 2 N–H and O–H groups in total. The van der Waals surface area contributed by atoms with Gasteiger partial charge in [-0.05, 0) is 17.7 Å². The molecule has 132 valence electrons. The number of hydrogen-bond donors (Lipinski definition) is 2. The Morgan fingerprint density at radius 2 is 2.12 bits per heavy atom. The van der Waals surface area contributed by atoms with Crippen LogP contribution in [0.4, 0.5) is 0 Å². The predicted molar refractivity (Wildman–Crippen MR) is 91.7 cm³/mol. The molecule has 7 heteroatoms. The number of imidazole rings is 1. The van der Waals surface area contributed by atoms with Crippen LogP contribution in [0.5, 0.6) is 0 Å². The van der Waals surface area contributed by atoms with Gasteiger partial charge in [-0.3, -0.25) is 9.59 Å². The van der Waals surface area contributed by atoms with E-state index in [2.05, 4.69) is 15.3 Å². The molecule has 0 bridgehead atoms. The molecule has 1 unspecified atom stereocenters. The second-order valence-electron chi connectivity index (χ2n) is 6.15. The number of benzene rings is 1.